The molecule has 0 saturated heterocycles. The van der Waals surface area contributed by atoms with Crippen LogP contribution in [0.5, 0.6) is 0 Å². The number of halogens is 1. The molecule has 0 aliphatic carbocycles. The molecule has 1 heterocycles. The van der Waals surface area contributed by atoms with E-state index in [1.54, 1.807) is 22.9 Å². The number of nitrogen functional groups attached to an aromatic ring is 1. The van der Waals surface area contributed by atoms with Gasteiger partial charge in [0.25, 0.3) is 0 Å². The fourth-order valence-electron chi connectivity index (χ4n) is 2.07. The van der Waals surface area contributed by atoms with E-state index in [1.165, 1.54) is 0 Å². The monoisotopic (exact) mass is 306 g/mol. The molecule has 0 aliphatic rings. The largest absolute Gasteiger partial charge is 0.399 e. The third-order valence-corrected chi connectivity index (χ3v) is 3.51. The van der Waals surface area contributed by atoms with E-state index < -0.39 is 0 Å². The molecular formula is C15H19ClN4O. The predicted molar refractivity (Wildman–Crippen MR) is 85.5 cm³/mol. The Morgan fingerprint density at radius 2 is 2.10 bits per heavy atom. The van der Waals surface area contributed by atoms with Gasteiger partial charge in [-0.25, -0.2) is 0 Å². The van der Waals surface area contributed by atoms with E-state index in [2.05, 4.69) is 10.4 Å². The first kappa shape index (κ1) is 15.4. The second kappa shape index (κ2) is 6.63. The Bertz CT molecular complexity index is 651. The number of rotatable bonds is 5. The summed E-state index contributed by atoms with van der Waals surface area (Å²) >= 11 is 6.04. The molecule has 5 nitrogen and oxygen atoms in total. The average molecular weight is 307 g/mol. The summed E-state index contributed by atoms with van der Waals surface area (Å²) < 4.78 is 1.74. The SMILES string of the molecule is CCc1cc(CC)n(CC(=O)Nc2ccc(N)cc2Cl)n1. The number of nitrogens with two attached hydrogens (primary N) is 1. The standard InChI is InChI=1S/C15H19ClN4O/c1-3-11-8-12(4-2)20(19-11)9-15(21)18-14-6-5-10(17)7-13(14)16/h5-8H,3-4,9,17H2,1-2H3,(H,18,21). The lowest BCUT2D eigenvalue weighted by molar-refractivity contribution is -0.116. The fraction of sp³-hybridized carbons (Fsp3) is 0.333. The highest BCUT2D eigenvalue weighted by Gasteiger charge is 2.11. The van der Waals surface area contributed by atoms with E-state index in [1.807, 2.05) is 19.9 Å². The minimum absolute atomic E-state index is 0.165. The summed E-state index contributed by atoms with van der Waals surface area (Å²) in [4.78, 5) is 12.1. The number of nitrogens with zero attached hydrogens (tertiary/aromatic N) is 2. The zero-order valence-electron chi connectivity index (χ0n) is 12.2. The maximum Gasteiger partial charge on any atom is 0.246 e. The number of benzene rings is 1. The molecule has 1 aromatic carbocycles. The Morgan fingerprint density at radius 1 is 1.33 bits per heavy atom. The molecule has 0 saturated carbocycles. The van der Waals surface area contributed by atoms with E-state index in [0.29, 0.717) is 16.4 Å². The second-order valence-corrected chi connectivity index (χ2v) is 5.19. The Labute approximate surface area is 129 Å². The van der Waals surface area contributed by atoms with Crippen LogP contribution in [-0.4, -0.2) is 15.7 Å². The van der Waals surface area contributed by atoms with Crippen molar-refractivity contribution in [1.82, 2.24) is 9.78 Å². The van der Waals surface area contributed by atoms with Gasteiger partial charge in [-0.15, -0.1) is 0 Å². The first-order chi connectivity index (χ1) is 10.0. The highest BCUT2D eigenvalue weighted by Crippen LogP contribution is 2.24. The van der Waals surface area contributed by atoms with Gasteiger partial charge in [-0.05, 0) is 37.1 Å². The maximum atomic E-state index is 12.1. The van der Waals surface area contributed by atoms with Gasteiger partial charge in [0.15, 0.2) is 0 Å². The summed E-state index contributed by atoms with van der Waals surface area (Å²) in [6.07, 6.45) is 1.69. The highest BCUT2D eigenvalue weighted by atomic mass is 35.5. The van der Waals surface area contributed by atoms with Gasteiger partial charge in [-0.3, -0.25) is 9.48 Å². The lowest BCUT2D eigenvalue weighted by Crippen LogP contribution is -2.21. The molecule has 21 heavy (non-hydrogen) atoms. The van der Waals surface area contributed by atoms with Crippen molar-refractivity contribution in [2.24, 2.45) is 0 Å². The van der Waals surface area contributed by atoms with Crippen LogP contribution < -0.4 is 11.1 Å². The van der Waals surface area contributed by atoms with Crippen LogP contribution in [0.25, 0.3) is 0 Å². The fourth-order valence-corrected chi connectivity index (χ4v) is 2.30. The molecule has 1 amide bonds. The zero-order chi connectivity index (χ0) is 15.4. The van der Waals surface area contributed by atoms with E-state index >= 15 is 0 Å². The van der Waals surface area contributed by atoms with Gasteiger partial charge < -0.3 is 11.1 Å². The van der Waals surface area contributed by atoms with Gasteiger partial charge in [0.2, 0.25) is 5.91 Å². The van der Waals surface area contributed by atoms with Crippen LogP contribution in [0.15, 0.2) is 24.3 Å². The number of anilines is 2. The van der Waals surface area contributed by atoms with Gasteiger partial charge >= 0.3 is 0 Å². The van der Waals surface area contributed by atoms with Crippen molar-refractivity contribution in [2.45, 2.75) is 33.2 Å². The quantitative estimate of drug-likeness (QED) is 0.834. The van der Waals surface area contributed by atoms with E-state index in [4.69, 9.17) is 17.3 Å². The third kappa shape index (κ3) is 3.76. The van der Waals surface area contributed by atoms with Crippen LogP contribution in [0, 0.1) is 0 Å². The topological polar surface area (TPSA) is 72.9 Å². The van der Waals surface area contributed by atoms with Gasteiger partial charge in [-0.2, -0.15) is 5.10 Å². The number of hydrogen-bond donors (Lipinski definition) is 2. The van der Waals surface area contributed by atoms with E-state index in [0.717, 1.165) is 24.2 Å². The number of carbonyl (C=O) groups excluding carboxylic acids is 1. The number of aromatic nitrogens is 2. The Balaban J connectivity index is 2.09. The maximum absolute atomic E-state index is 12.1. The molecule has 0 unspecified atom stereocenters. The van der Waals surface area contributed by atoms with Crippen LogP contribution in [0.2, 0.25) is 5.02 Å². The molecule has 6 heteroatoms. The normalized spacial score (nSPS) is 10.6. The van der Waals surface area contributed by atoms with Crippen LogP contribution in [0.1, 0.15) is 25.2 Å². The molecule has 0 bridgehead atoms. The van der Waals surface area contributed by atoms with Gasteiger partial charge in [0, 0.05) is 11.4 Å². The number of aryl methyl sites for hydroxylation is 2. The molecule has 2 rings (SSSR count). The van der Waals surface area contributed by atoms with Gasteiger partial charge in [0.1, 0.15) is 6.54 Å². The Morgan fingerprint density at radius 3 is 2.71 bits per heavy atom. The summed E-state index contributed by atoms with van der Waals surface area (Å²) in [6, 6.07) is 7.03. The molecule has 0 fully saturated rings. The molecule has 1 aromatic heterocycles. The minimum Gasteiger partial charge on any atom is -0.399 e. The zero-order valence-corrected chi connectivity index (χ0v) is 12.9. The Kier molecular flexibility index (Phi) is 4.85. The third-order valence-electron chi connectivity index (χ3n) is 3.20. The van der Waals surface area contributed by atoms with Crippen molar-refractivity contribution in [3.8, 4) is 0 Å². The lowest BCUT2D eigenvalue weighted by Gasteiger charge is -2.09. The molecule has 0 aliphatic heterocycles. The van der Waals surface area contributed by atoms with Crippen LogP contribution >= 0.6 is 11.6 Å². The van der Waals surface area contributed by atoms with E-state index in [-0.39, 0.29) is 12.5 Å². The molecule has 0 atom stereocenters. The van der Waals surface area contributed by atoms with Crippen LogP contribution in [-0.2, 0) is 24.2 Å². The Hall–Kier alpha value is -2.01. The molecule has 112 valence electrons. The van der Waals surface area contributed by atoms with Crippen LogP contribution in [0.3, 0.4) is 0 Å². The molecule has 0 radical (unpaired) electrons. The molecular weight excluding hydrogens is 288 g/mol. The van der Waals surface area contributed by atoms with E-state index in [9.17, 15) is 4.79 Å². The summed E-state index contributed by atoms with van der Waals surface area (Å²) in [7, 11) is 0. The average Bonchev–Trinajstić information content (AvgIpc) is 2.84. The van der Waals surface area contributed by atoms with Crippen molar-refractivity contribution in [3.05, 3.63) is 40.7 Å². The predicted octanol–water partition coefficient (Wildman–Crippen LogP) is 2.88. The molecule has 3 N–H and O–H groups in total. The molecule has 2 aromatic rings. The van der Waals surface area contributed by atoms with Gasteiger partial charge in [0.05, 0.1) is 16.4 Å². The summed E-state index contributed by atoms with van der Waals surface area (Å²) in [5, 5.41) is 7.62. The first-order valence-corrected chi connectivity index (χ1v) is 7.31. The number of carbonyl (C=O) groups is 1. The first-order valence-electron chi connectivity index (χ1n) is 6.94. The van der Waals surface area contributed by atoms with Crippen molar-refractivity contribution < 1.29 is 4.79 Å². The smallest absolute Gasteiger partial charge is 0.246 e. The van der Waals surface area contributed by atoms with Crippen molar-refractivity contribution in [3.63, 3.8) is 0 Å². The second-order valence-electron chi connectivity index (χ2n) is 4.78. The molecule has 0 spiro atoms. The summed E-state index contributed by atoms with van der Waals surface area (Å²) in [5.41, 5.74) is 8.78. The van der Waals surface area contributed by atoms with Crippen molar-refractivity contribution in [2.75, 3.05) is 11.1 Å². The minimum atomic E-state index is -0.165. The number of amides is 1. The van der Waals surface area contributed by atoms with Crippen LogP contribution in [0.4, 0.5) is 11.4 Å². The summed E-state index contributed by atoms with van der Waals surface area (Å²) in [6.45, 7) is 4.26. The number of hydrogen-bond acceptors (Lipinski definition) is 3. The highest BCUT2D eigenvalue weighted by molar-refractivity contribution is 6.34. The van der Waals surface area contributed by atoms with Gasteiger partial charge in [-0.1, -0.05) is 25.4 Å². The number of nitrogens with one attached hydrogen (secondary N) is 1. The van der Waals surface area contributed by atoms with Crippen molar-refractivity contribution >= 4 is 28.9 Å². The summed E-state index contributed by atoms with van der Waals surface area (Å²) in [5.74, 6) is -0.165. The lowest BCUT2D eigenvalue weighted by atomic mass is 10.2. The van der Waals surface area contributed by atoms with Crippen molar-refractivity contribution in [1.29, 1.82) is 0 Å².